The lowest BCUT2D eigenvalue weighted by molar-refractivity contribution is 0.639. The molecule has 0 spiro atoms. The van der Waals surface area contributed by atoms with Crippen molar-refractivity contribution in [3.8, 4) is 6.07 Å². The monoisotopic (exact) mass is 361 g/mol. The summed E-state index contributed by atoms with van der Waals surface area (Å²) in [5.41, 5.74) is 1.13. The van der Waals surface area contributed by atoms with Gasteiger partial charge in [-0.05, 0) is 17.7 Å². The molecule has 26 heavy (non-hydrogen) atoms. The third-order valence-electron chi connectivity index (χ3n) is 4.16. The van der Waals surface area contributed by atoms with Crippen molar-refractivity contribution in [2.45, 2.75) is 10.8 Å². The normalized spacial score (nSPS) is 10.9. The summed E-state index contributed by atoms with van der Waals surface area (Å²) in [6, 6.07) is 16.1. The summed E-state index contributed by atoms with van der Waals surface area (Å²) in [7, 11) is 0. The molecule has 0 aliphatic heterocycles. The number of fused-ring (bicyclic) bond motifs is 2. The number of hydrogen-bond donors (Lipinski definition) is 1. The Balaban J connectivity index is 1.80. The summed E-state index contributed by atoms with van der Waals surface area (Å²) in [5.74, 6) is -0.0132. The summed E-state index contributed by atoms with van der Waals surface area (Å²) in [6.45, 7) is 0. The van der Waals surface area contributed by atoms with E-state index < -0.39 is 11.4 Å². The van der Waals surface area contributed by atoms with Gasteiger partial charge in [-0.25, -0.2) is 4.39 Å². The number of rotatable bonds is 3. The van der Waals surface area contributed by atoms with Crippen molar-refractivity contribution < 1.29 is 4.39 Å². The predicted octanol–water partition coefficient (Wildman–Crippen LogP) is 4.38. The lowest BCUT2D eigenvalue weighted by Gasteiger charge is -2.09. The summed E-state index contributed by atoms with van der Waals surface area (Å²) in [5, 5.41) is 11.4. The highest BCUT2D eigenvalue weighted by Crippen LogP contribution is 2.31. The van der Waals surface area contributed by atoms with Crippen LogP contribution in [0.3, 0.4) is 0 Å². The summed E-state index contributed by atoms with van der Waals surface area (Å²) < 4.78 is 14.2. The van der Waals surface area contributed by atoms with Gasteiger partial charge in [0.1, 0.15) is 17.4 Å². The van der Waals surface area contributed by atoms with Gasteiger partial charge in [0.2, 0.25) is 0 Å². The van der Waals surface area contributed by atoms with Crippen molar-refractivity contribution in [2.24, 2.45) is 0 Å². The van der Waals surface area contributed by atoms with E-state index in [9.17, 15) is 14.4 Å². The molecule has 0 fully saturated rings. The number of hydrogen-bond acceptors (Lipinski definition) is 4. The van der Waals surface area contributed by atoms with Gasteiger partial charge in [0.25, 0.3) is 5.56 Å². The largest absolute Gasteiger partial charge is 0.315 e. The van der Waals surface area contributed by atoms with E-state index in [1.165, 1.54) is 17.8 Å². The highest BCUT2D eigenvalue weighted by Gasteiger charge is 2.15. The molecule has 4 nitrogen and oxygen atoms in total. The molecular weight excluding hydrogens is 349 g/mol. The van der Waals surface area contributed by atoms with Crippen LogP contribution in [0.25, 0.3) is 21.7 Å². The third kappa shape index (κ3) is 2.72. The molecule has 4 rings (SSSR count). The number of aromatic nitrogens is 2. The molecule has 2 heterocycles. The minimum Gasteiger partial charge on any atom is -0.315 e. The fourth-order valence-electron chi connectivity index (χ4n) is 2.97. The van der Waals surface area contributed by atoms with E-state index in [-0.39, 0.29) is 10.9 Å². The molecule has 6 heteroatoms. The van der Waals surface area contributed by atoms with E-state index in [1.54, 1.807) is 24.4 Å². The van der Waals surface area contributed by atoms with E-state index in [1.807, 2.05) is 30.3 Å². The molecular formula is C20H12FN3OS. The summed E-state index contributed by atoms with van der Waals surface area (Å²) in [6.07, 6.45) is 1.74. The molecule has 0 saturated carbocycles. The zero-order valence-electron chi connectivity index (χ0n) is 13.5. The first-order valence-corrected chi connectivity index (χ1v) is 8.87. The number of aromatic amines is 1. The van der Waals surface area contributed by atoms with Crippen LogP contribution >= 0.6 is 11.8 Å². The Kier molecular flexibility index (Phi) is 4.15. The van der Waals surface area contributed by atoms with E-state index in [0.29, 0.717) is 16.2 Å². The van der Waals surface area contributed by atoms with Gasteiger partial charge >= 0.3 is 0 Å². The van der Waals surface area contributed by atoms with Crippen LogP contribution in [0, 0.1) is 17.1 Å². The minimum absolute atomic E-state index is 0.0669. The van der Waals surface area contributed by atoms with Crippen LogP contribution < -0.4 is 5.56 Å². The third-order valence-corrected chi connectivity index (χ3v) is 5.23. The smallest absolute Gasteiger partial charge is 0.267 e. The lowest BCUT2D eigenvalue weighted by Crippen LogP contribution is -2.12. The van der Waals surface area contributed by atoms with Gasteiger partial charge in [-0.3, -0.25) is 9.78 Å². The van der Waals surface area contributed by atoms with E-state index in [4.69, 9.17) is 0 Å². The minimum atomic E-state index is -0.580. The van der Waals surface area contributed by atoms with Crippen molar-refractivity contribution in [1.29, 1.82) is 5.26 Å². The number of nitrogens with zero attached hydrogens (tertiary/aromatic N) is 2. The first-order valence-electron chi connectivity index (χ1n) is 7.89. The van der Waals surface area contributed by atoms with Crippen molar-refractivity contribution in [2.75, 3.05) is 0 Å². The topological polar surface area (TPSA) is 69.5 Å². The first kappa shape index (κ1) is 16.3. The second-order valence-electron chi connectivity index (χ2n) is 5.71. The molecule has 1 N–H and O–H groups in total. The highest BCUT2D eigenvalue weighted by atomic mass is 32.2. The number of nitriles is 1. The molecule has 0 amide bonds. The summed E-state index contributed by atoms with van der Waals surface area (Å²) >= 11 is 1.39. The van der Waals surface area contributed by atoms with Crippen molar-refractivity contribution in [3.63, 3.8) is 0 Å². The van der Waals surface area contributed by atoms with Crippen LogP contribution in [0.15, 0.2) is 64.5 Å². The zero-order valence-corrected chi connectivity index (χ0v) is 14.3. The molecule has 0 aliphatic carbocycles. The Morgan fingerprint density at radius 3 is 2.81 bits per heavy atom. The van der Waals surface area contributed by atoms with Crippen LogP contribution in [0.2, 0.25) is 0 Å². The Morgan fingerprint density at radius 2 is 1.96 bits per heavy atom. The average Bonchev–Trinajstić information content (AvgIpc) is 2.67. The second-order valence-corrected chi connectivity index (χ2v) is 6.70. The standard InChI is InChI=1S/C20H12FN3OS/c21-16-8-2-7-14-17(16)15(10-22)19(25)24-20(14)26-11-13-5-1-4-12-6-3-9-23-18(12)13/h1-9H,11H2,(H,24,25). The molecule has 0 atom stereocenters. The molecule has 0 saturated heterocycles. The van der Waals surface area contributed by atoms with E-state index >= 15 is 0 Å². The Hall–Kier alpha value is -3.17. The van der Waals surface area contributed by atoms with E-state index in [0.717, 1.165) is 16.5 Å². The molecule has 0 radical (unpaired) electrons. The van der Waals surface area contributed by atoms with Crippen LogP contribution in [0.1, 0.15) is 11.1 Å². The maximum atomic E-state index is 14.2. The Labute approximate surface area is 152 Å². The molecule has 0 aliphatic rings. The van der Waals surface area contributed by atoms with Gasteiger partial charge in [0.15, 0.2) is 0 Å². The lowest BCUT2D eigenvalue weighted by atomic mass is 10.1. The second kappa shape index (κ2) is 6.62. The van der Waals surface area contributed by atoms with Gasteiger partial charge in [0.05, 0.1) is 10.5 Å². The first-order chi connectivity index (χ1) is 12.7. The van der Waals surface area contributed by atoms with Gasteiger partial charge in [-0.1, -0.05) is 36.4 Å². The molecule has 2 aromatic heterocycles. The quantitative estimate of drug-likeness (QED) is 0.550. The SMILES string of the molecule is N#Cc1c(=O)[nH]c(SCc2cccc3cccnc23)c2cccc(F)c12. The maximum Gasteiger partial charge on any atom is 0.267 e. The molecule has 0 unspecified atom stereocenters. The fourth-order valence-corrected chi connectivity index (χ4v) is 3.99. The van der Waals surface area contributed by atoms with Crippen molar-refractivity contribution >= 4 is 33.4 Å². The van der Waals surface area contributed by atoms with Crippen molar-refractivity contribution in [1.82, 2.24) is 9.97 Å². The number of para-hydroxylation sites is 1. The van der Waals surface area contributed by atoms with Crippen LogP contribution in [0.5, 0.6) is 0 Å². The number of benzene rings is 2. The molecule has 126 valence electrons. The molecule has 2 aromatic carbocycles. The predicted molar refractivity (Wildman–Crippen MR) is 101 cm³/mol. The van der Waals surface area contributed by atoms with Gasteiger partial charge < -0.3 is 4.98 Å². The Morgan fingerprint density at radius 1 is 1.15 bits per heavy atom. The zero-order chi connectivity index (χ0) is 18.1. The van der Waals surface area contributed by atoms with E-state index in [2.05, 4.69) is 9.97 Å². The van der Waals surface area contributed by atoms with Crippen LogP contribution in [-0.4, -0.2) is 9.97 Å². The van der Waals surface area contributed by atoms with Gasteiger partial charge in [0, 0.05) is 28.1 Å². The molecule has 0 bridgehead atoms. The average molecular weight is 361 g/mol. The van der Waals surface area contributed by atoms with Crippen LogP contribution in [-0.2, 0) is 5.75 Å². The number of pyridine rings is 2. The number of H-pyrrole nitrogens is 1. The molecule has 4 aromatic rings. The van der Waals surface area contributed by atoms with Gasteiger partial charge in [-0.2, -0.15) is 5.26 Å². The van der Waals surface area contributed by atoms with Crippen LogP contribution in [0.4, 0.5) is 4.39 Å². The maximum absolute atomic E-state index is 14.2. The van der Waals surface area contributed by atoms with Gasteiger partial charge in [-0.15, -0.1) is 11.8 Å². The Bertz CT molecular complexity index is 1240. The highest BCUT2D eigenvalue weighted by molar-refractivity contribution is 7.98. The summed E-state index contributed by atoms with van der Waals surface area (Å²) in [4.78, 5) is 19.3. The fraction of sp³-hybridized carbons (Fsp3) is 0.0500. The number of halogens is 1. The van der Waals surface area contributed by atoms with Crippen molar-refractivity contribution in [3.05, 3.63) is 82.0 Å². The number of thioether (sulfide) groups is 1. The number of nitrogens with one attached hydrogen (secondary N) is 1.